The van der Waals surface area contributed by atoms with Gasteiger partial charge >= 0.3 is 11.0 Å². The summed E-state index contributed by atoms with van der Waals surface area (Å²) in [6.45, 7) is 3.26. The van der Waals surface area contributed by atoms with Crippen molar-refractivity contribution in [2.45, 2.75) is 56.6 Å². The number of hydrogen-bond donors (Lipinski definition) is 0. The molecular formula is C17H22F6N4O4S2. The molecule has 0 saturated carbocycles. The lowest BCUT2D eigenvalue weighted by molar-refractivity contribution is -0.596. The number of alkyl halides is 6. The van der Waals surface area contributed by atoms with E-state index in [-0.39, 0.29) is 0 Å². The van der Waals surface area contributed by atoms with Gasteiger partial charge < -0.3 is 4.13 Å². The monoisotopic (exact) mass is 524 g/mol. The van der Waals surface area contributed by atoms with Crippen LogP contribution in [0.4, 0.5) is 26.3 Å². The Morgan fingerprint density at radius 1 is 0.879 bits per heavy atom. The van der Waals surface area contributed by atoms with Crippen molar-refractivity contribution < 1.29 is 47.7 Å². The summed E-state index contributed by atoms with van der Waals surface area (Å²) in [6, 6.07) is 10.3. The number of rotatable bonds is 9. The van der Waals surface area contributed by atoms with Crippen molar-refractivity contribution in [3.63, 3.8) is 0 Å². The first kappa shape index (κ1) is 28.8. The van der Waals surface area contributed by atoms with E-state index in [1.165, 1.54) is 32.1 Å². The summed E-state index contributed by atoms with van der Waals surface area (Å²) in [5, 5.41) is 4.39. The SMILES string of the molecule is CCCCCCCn1c[n+](-c2ccccc2)cn1.O=S(=O)([N-]S(=O)(=O)C(F)(F)F)C(F)(F)F. The van der Waals surface area contributed by atoms with Gasteiger partial charge in [-0.1, -0.05) is 50.8 Å². The summed E-state index contributed by atoms with van der Waals surface area (Å²) < 4.78 is 113. The lowest BCUT2D eigenvalue weighted by atomic mass is 10.1. The molecule has 8 nitrogen and oxygen atoms in total. The van der Waals surface area contributed by atoms with E-state index in [0.29, 0.717) is 0 Å². The van der Waals surface area contributed by atoms with Crippen LogP contribution in [-0.4, -0.2) is 37.6 Å². The van der Waals surface area contributed by atoms with E-state index in [9.17, 15) is 43.2 Å². The molecule has 2 rings (SSSR count). The Bertz CT molecular complexity index is 1030. The minimum atomic E-state index is -6.72. The highest BCUT2D eigenvalue weighted by Crippen LogP contribution is 2.36. The summed E-state index contributed by atoms with van der Waals surface area (Å²) >= 11 is 0. The lowest BCUT2D eigenvalue weighted by Crippen LogP contribution is -2.30. The molecule has 0 spiro atoms. The highest BCUT2D eigenvalue weighted by Gasteiger charge is 2.46. The molecule has 0 aliphatic heterocycles. The van der Waals surface area contributed by atoms with Gasteiger partial charge in [0.1, 0.15) is 12.2 Å². The van der Waals surface area contributed by atoms with Gasteiger partial charge in [-0.2, -0.15) is 26.3 Å². The van der Waals surface area contributed by atoms with Gasteiger partial charge in [0.15, 0.2) is 20.0 Å². The molecular weight excluding hydrogens is 502 g/mol. The molecule has 1 aromatic carbocycles. The van der Waals surface area contributed by atoms with Gasteiger partial charge in [-0.15, -0.1) is 4.68 Å². The number of aryl methyl sites for hydroxylation is 1. The van der Waals surface area contributed by atoms with Crippen LogP contribution >= 0.6 is 0 Å². The van der Waals surface area contributed by atoms with Crippen LogP contribution in [0.15, 0.2) is 43.0 Å². The van der Waals surface area contributed by atoms with Crippen LogP contribution in [0, 0.1) is 0 Å². The molecule has 0 atom stereocenters. The molecule has 1 aromatic heterocycles. The van der Waals surface area contributed by atoms with E-state index in [0.717, 1.165) is 16.4 Å². The number of sulfonamides is 2. The van der Waals surface area contributed by atoms with E-state index in [2.05, 4.69) is 35.0 Å². The van der Waals surface area contributed by atoms with Crippen LogP contribution in [0.2, 0.25) is 0 Å². The molecule has 0 unspecified atom stereocenters. The first-order chi connectivity index (χ1) is 15.1. The number of benzene rings is 1. The van der Waals surface area contributed by atoms with Crippen molar-refractivity contribution in [1.82, 2.24) is 9.78 Å². The third kappa shape index (κ3) is 9.29. The van der Waals surface area contributed by atoms with Gasteiger partial charge in [0.25, 0.3) is 6.33 Å². The zero-order chi connectivity index (χ0) is 25.3. The molecule has 0 amide bonds. The third-order valence-electron chi connectivity index (χ3n) is 3.91. The lowest BCUT2D eigenvalue weighted by Gasteiger charge is -2.22. The molecule has 0 aliphatic rings. The Morgan fingerprint density at radius 3 is 1.88 bits per heavy atom. The van der Waals surface area contributed by atoms with E-state index in [4.69, 9.17) is 0 Å². The number of para-hydroxylation sites is 1. The maximum atomic E-state index is 11.4. The second kappa shape index (κ2) is 11.8. The molecule has 33 heavy (non-hydrogen) atoms. The van der Waals surface area contributed by atoms with E-state index in [1.807, 2.05) is 29.2 Å². The Balaban J connectivity index is 0.000000337. The van der Waals surface area contributed by atoms with Crippen LogP contribution in [0.25, 0.3) is 9.81 Å². The van der Waals surface area contributed by atoms with Gasteiger partial charge in [0.05, 0.1) is 0 Å². The smallest absolute Gasteiger partial charge is 0.421 e. The molecule has 0 N–H and O–H groups in total. The molecule has 2 aromatic rings. The highest BCUT2D eigenvalue weighted by molar-refractivity contribution is 8.13. The van der Waals surface area contributed by atoms with E-state index >= 15 is 0 Å². The van der Waals surface area contributed by atoms with Crippen molar-refractivity contribution in [3.8, 4) is 5.69 Å². The van der Waals surface area contributed by atoms with Crippen LogP contribution in [0.5, 0.6) is 0 Å². The second-order valence-corrected chi connectivity index (χ2v) is 10.0. The number of unbranched alkanes of at least 4 members (excludes halogenated alkanes) is 4. The van der Waals surface area contributed by atoms with Gasteiger partial charge in [-0.3, -0.25) is 0 Å². The fourth-order valence-corrected chi connectivity index (χ4v) is 3.97. The molecule has 1 heterocycles. The number of aromatic nitrogens is 3. The van der Waals surface area contributed by atoms with E-state index < -0.39 is 31.1 Å². The standard InChI is InChI=1S/C15H22N3.C2F6NO4S2/c1-2-3-4-5-9-12-18-14-17(13-16-18)15-10-7-6-8-11-15;3-1(4,5)14(10,11)9-15(12,13)2(6,7)8/h6-8,10-11,13-14H,2-5,9,12H2,1H3;/q+1;-1. The number of halogens is 6. The van der Waals surface area contributed by atoms with Crippen LogP contribution in [0.1, 0.15) is 39.0 Å². The summed E-state index contributed by atoms with van der Waals surface area (Å²) in [4.78, 5) is 0. The maximum Gasteiger partial charge on any atom is 0.480 e. The molecule has 0 bridgehead atoms. The van der Waals surface area contributed by atoms with Gasteiger partial charge in [-0.05, 0) is 18.6 Å². The molecule has 0 radical (unpaired) electrons. The van der Waals surface area contributed by atoms with Crippen molar-refractivity contribution in [3.05, 3.63) is 47.1 Å². The summed E-state index contributed by atoms with van der Waals surface area (Å²) in [6.07, 6.45) is 10.5. The fraction of sp³-hybridized carbons (Fsp3) is 0.529. The quantitative estimate of drug-likeness (QED) is 0.278. The largest absolute Gasteiger partial charge is 0.480 e. The average Bonchev–Trinajstić information content (AvgIpc) is 3.15. The van der Waals surface area contributed by atoms with E-state index in [1.54, 1.807) is 0 Å². The maximum absolute atomic E-state index is 11.4. The van der Waals surface area contributed by atoms with Crippen LogP contribution in [-0.2, 0) is 26.6 Å². The van der Waals surface area contributed by atoms with Gasteiger partial charge in [0, 0.05) is 5.10 Å². The van der Waals surface area contributed by atoms with Gasteiger partial charge in [0.2, 0.25) is 6.33 Å². The number of hydrogen-bond acceptors (Lipinski definition) is 5. The molecule has 188 valence electrons. The first-order valence-corrected chi connectivity index (χ1v) is 12.3. The minimum absolute atomic E-state index is 0.778. The molecule has 0 aliphatic carbocycles. The van der Waals surface area contributed by atoms with Crippen LogP contribution < -0.4 is 4.57 Å². The van der Waals surface area contributed by atoms with Crippen molar-refractivity contribution in [2.24, 2.45) is 0 Å². The molecule has 0 fully saturated rings. The zero-order valence-corrected chi connectivity index (χ0v) is 18.9. The normalized spacial score (nSPS) is 12.8. The topological polar surface area (TPSA) is 104 Å². The minimum Gasteiger partial charge on any atom is -0.421 e. The highest BCUT2D eigenvalue weighted by atomic mass is 32.3. The zero-order valence-electron chi connectivity index (χ0n) is 17.3. The molecule has 16 heteroatoms. The van der Waals surface area contributed by atoms with Crippen molar-refractivity contribution in [1.29, 1.82) is 0 Å². The Kier molecular flexibility index (Phi) is 10.3. The Labute approximate surface area is 187 Å². The summed E-state index contributed by atoms with van der Waals surface area (Å²) in [7, 11) is -13.4. The fourth-order valence-electron chi connectivity index (χ4n) is 2.27. The third-order valence-corrected chi connectivity index (χ3v) is 6.65. The van der Waals surface area contributed by atoms with Crippen molar-refractivity contribution >= 4 is 20.0 Å². The summed E-state index contributed by atoms with van der Waals surface area (Å²) in [5.41, 5.74) is -11.2. The van der Waals surface area contributed by atoms with Gasteiger partial charge in [-0.25, -0.2) is 21.4 Å². The Hall–Kier alpha value is -2.20. The predicted molar refractivity (Wildman–Crippen MR) is 106 cm³/mol. The second-order valence-electron chi connectivity index (χ2n) is 6.58. The predicted octanol–water partition coefficient (Wildman–Crippen LogP) is 4.19. The average molecular weight is 525 g/mol. The number of nitrogens with zero attached hydrogens (tertiary/aromatic N) is 4. The summed E-state index contributed by atoms with van der Waals surface area (Å²) in [5.74, 6) is 0. The Morgan fingerprint density at radius 2 is 1.39 bits per heavy atom. The van der Waals surface area contributed by atoms with Crippen LogP contribution in [0.3, 0.4) is 0 Å². The first-order valence-electron chi connectivity index (χ1n) is 9.46. The van der Waals surface area contributed by atoms with Crippen molar-refractivity contribution in [2.75, 3.05) is 0 Å². The molecule has 0 saturated heterocycles.